The van der Waals surface area contributed by atoms with Crippen molar-refractivity contribution in [2.45, 2.75) is 12.8 Å². The molecule has 6 heteroatoms. The number of hydrogen-bond acceptors (Lipinski definition) is 3. The molecule has 0 bridgehead atoms. The van der Waals surface area contributed by atoms with Gasteiger partial charge in [-0.1, -0.05) is 0 Å². The lowest BCUT2D eigenvalue weighted by atomic mass is 10.2. The molecule has 1 amide bonds. The van der Waals surface area contributed by atoms with Gasteiger partial charge >= 0.3 is 0 Å². The minimum Gasteiger partial charge on any atom is -0.491 e. The Morgan fingerprint density at radius 2 is 2.05 bits per heavy atom. The Labute approximate surface area is 116 Å². The molecule has 0 atom stereocenters. The van der Waals surface area contributed by atoms with E-state index in [2.05, 4.69) is 5.32 Å². The monoisotopic (exact) mass is 284 g/mol. The van der Waals surface area contributed by atoms with E-state index in [1.807, 2.05) is 4.90 Å². The first kappa shape index (κ1) is 14.7. The van der Waals surface area contributed by atoms with Gasteiger partial charge in [-0.3, -0.25) is 4.79 Å². The number of piperazine rings is 1. The van der Waals surface area contributed by atoms with E-state index in [9.17, 15) is 13.6 Å². The van der Waals surface area contributed by atoms with Gasteiger partial charge in [0.2, 0.25) is 5.91 Å². The normalized spacial score (nSPS) is 15.2. The summed E-state index contributed by atoms with van der Waals surface area (Å²) in [6, 6.07) is 3.17. The molecule has 0 aromatic heterocycles. The maximum atomic E-state index is 13.3. The molecule has 0 radical (unpaired) electrons. The summed E-state index contributed by atoms with van der Waals surface area (Å²) in [5.74, 6) is -1.25. The highest BCUT2D eigenvalue weighted by Crippen LogP contribution is 2.17. The predicted octanol–water partition coefficient (Wildman–Crippen LogP) is 1.56. The summed E-state index contributed by atoms with van der Waals surface area (Å²) in [5.41, 5.74) is 0. The van der Waals surface area contributed by atoms with Crippen molar-refractivity contribution in [2.24, 2.45) is 0 Å². The van der Waals surface area contributed by atoms with Crippen LogP contribution in [0.25, 0.3) is 0 Å². The number of nitrogens with zero attached hydrogens (tertiary/aromatic N) is 1. The fourth-order valence-corrected chi connectivity index (χ4v) is 2.07. The van der Waals surface area contributed by atoms with Gasteiger partial charge < -0.3 is 15.0 Å². The van der Waals surface area contributed by atoms with E-state index in [4.69, 9.17) is 4.74 Å². The molecular formula is C14H18F2N2O2. The third-order valence-electron chi connectivity index (χ3n) is 3.16. The van der Waals surface area contributed by atoms with Crippen LogP contribution in [0.1, 0.15) is 12.8 Å². The van der Waals surface area contributed by atoms with Crippen molar-refractivity contribution in [3.63, 3.8) is 0 Å². The van der Waals surface area contributed by atoms with E-state index in [0.717, 1.165) is 38.3 Å². The number of carbonyl (C=O) groups is 1. The molecule has 20 heavy (non-hydrogen) atoms. The van der Waals surface area contributed by atoms with E-state index < -0.39 is 11.6 Å². The number of benzene rings is 1. The zero-order chi connectivity index (χ0) is 14.4. The smallest absolute Gasteiger partial charge is 0.222 e. The highest BCUT2D eigenvalue weighted by atomic mass is 19.1. The molecule has 1 aliphatic heterocycles. The van der Waals surface area contributed by atoms with Crippen LogP contribution >= 0.6 is 0 Å². The Kier molecular flexibility index (Phi) is 5.29. The molecule has 0 unspecified atom stereocenters. The van der Waals surface area contributed by atoms with Crippen LogP contribution in [0.15, 0.2) is 18.2 Å². The van der Waals surface area contributed by atoms with Gasteiger partial charge in [0.1, 0.15) is 5.82 Å². The van der Waals surface area contributed by atoms with Crippen LogP contribution in [0.5, 0.6) is 5.75 Å². The molecule has 1 fully saturated rings. The molecule has 1 aliphatic rings. The van der Waals surface area contributed by atoms with Crippen molar-refractivity contribution in [2.75, 3.05) is 32.8 Å². The molecule has 4 nitrogen and oxygen atoms in total. The molecule has 1 aromatic rings. The highest BCUT2D eigenvalue weighted by Gasteiger charge is 2.15. The van der Waals surface area contributed by atoms with E-state index >= 15 is 0 Å². The second-order valence-corrected chi connectivity index (χ2v) is 4.66. The zero-order valence-electron chi connectivity index (χ0n) is 11.2. The number of carbonyl (C=O) groups excluding carboxylic acids is 1. The van der Waals surface area contributed by atoms with E-state index in [-0.39, 0.29) is 18.3 Å². The van der Waals surface area contributed by atoms with E-state index in [1.165, 1.54) is 6.07 Å². The minimum absolute atomic E-state index is 0.0148. The number of halogens is 2. The summed E-state index contributed by atoms with van der Waals surface area (Å²) in [7, 11) is 0. The molecule has 1 N–H and O–H groups in total. The Hall–Kier alpha value is -1.69. The minimum atomic E-state index is -0.724. The van der Waals surface area contributed by atoms with Gasteiger partial charge in [-0.05, 0) is 18.6 Å². The largest absolute Gasteiger partial charge is 0.491 e. The Balaban J connectivity index is 1.69. The third kappa shape index (κ3) is 4.16. The van der Waals surface area contributed by atoms with Crippen LogP contribution in [-0.4, -0.2) is 43.6 Å². The van der Waals surface area contributed by atoms with Crippen molar-refractivity contribution in [1.82, 2.24) is 10.2 Å². The van der Waals surface area contributed by atoms with E-state index in [0.29, 0.717) is 12.8 Å². The number of amides is 1. The average Bonchev–Trinajstić information content (AvgIpc) is 2.46. The van der Waals surface area contributed by atoms with Gasteiger partial charge in [-0.15, -0.1) is 0 Å². The summed E-state index contributed by atoms with van der Waals surface area (Å²) in [5, 5.41) is 3.18. The van der Waals surface area contributed by atoms with Gasteiger partial charge in [0.05, 0.1) is 6.61 Å². The molecule has 1 heterocycles. The lowest BCUT2D eigenvalue weighted by Gasteiger charge is -2.27. The van der Waals surface area contributed by atoms with Crippen LogP contribution in [0.4, 0.5) is 8.78 Å². The quantitative estimate of drug-likeness (QED) is 0.834. The van der Waals surface area contributed by atoms with Crippen LogP contribution < -0.4 is 10.1 Å². The Morgan fingerprint density at radius 1 is 1.30 bits per heavy atom. The van der Waals surface area contributed by atoms with Gasteiger partial charge in [0.25, 0.3) is 0 Å². The predicted molar refractivity (Wildman–Crippen MR) is 70.5 cm³/mol. The average molecular weight is 284 g/mol. The molecule has 2 rings (SSSR count). The van der Waals surface area contributed by atoms with Crippen molar-refractivity contribution in [3.05, 3.63) is 29.8 Å². The fraction of sp³-hybridized carbons (Fsp3) is 0.500. The fourth-order valence-electron chi connectivity index (χ4n) is 2.07. The van der Waals surface area contributed by atoms with Crippen molar-refractivity contribution in [1.29, 1.82) is 0 Å². The second kappa shape index (κ2) is 7.19. The van der Waals surface area contributed by atoms with Crippen molar-refractivity contribution >= 4 is 5.91 Å². The molecular weight excluding hydrogens is 266 g/mol. The van der Waals surface area contributed by atoms with Crippen molar-refractivity contribution < 1.29 is 18.3 Å². The molecule has 110 valence electrons. The van der Waals surface area contributed by atoms with Crippen LogP contribution in [0, 0.1) is 11.6 Å². The van der Waals surface area contributed by atoms with Crippen molar-refractivity contribution in [3.8, 4) is 5.75 Å². The maximum Gasteiger partial charge on any atom is 0.222 e. The third-order valence-corrected chi connectivity index (χ3v) is 3.16. The highest BCUT2D eigenvalue weighted by molar-refractivity contribution is 5.76. The van der Waals surface area contributed by atoms with Crippen LogP contribution in [0.2, 0.25) is 0 Å². The van der Waals surface area contributed by atoms with E-state index in [1.54, 1.807) is 0 Å². The second-order valence-electron chi connectivity index (χ2n) is 4.66. The first-order valence-electron chi connectivity index (χ1n) is 6.73. The number of rotatable bonds is 5. The summed E-state index contributed by atoms with van der Waals surface area (Å²) in [6.07, 6.45) is 0.891. The van der Waals surface area contributed by atoms with Crippen LogP contribution in [0.3, 0.4) is 0 Å². The Bertz CT molecular complexity index is 462. The summed E-state index contributed by atoms with van der Waals surface area (Å²) in [4.78, 5) is 13.7. The van der Waals surface area contributed by atoms with Gasteiger partial charge in [0.15, 0.2) is 11.6 Å². The SMILES string of the molecule is O=C(CCCOc1ccc(F)cc1F)N1CCNCC1. The number of hydrogen-bond donors (Lipinski definition) is 1. The van der Waals surface area contributed by atoms with Gasteiger partial charge in [-0.2, -0.15) is 0 Å². The summed E-state index contributed by atoms with van der Waals surface area (Å²) < 4.78 is 31.2. The topological polar surface area (TPSA) is 41.6 Å². The maximum absolute atomic E-state index is 13.3. The van der Waals surface area contributed by atoms with Gasteiger partial charge in [-0.25, -0.2) is 8.78 Å². The molecule has 0 spiro atoms. The Morgan fingerprint density at radius 3 is 2.75 bits per heavy atom. The lowest BCUT2D eigenvalue weighted by molar-refractivity contribution is -0.132. The number of ether oxygens (including phenoxy) is 1. The molecule has 0 saturated carbocycles. The molecule has 1 saturated heterocycles. The first-order chi connectivity index (χ1) is 9.66. The number of nitrogens with one attached hydrogen (secondary N) is 1. The van der Waals surface area contributed by atoms with Crippen LogP contribution in [-0.2, 0) is 4.79 Å². The summed E-state index contributed by atoms with van der Waals surface area (Å²) >= 11 is 0. The first-order valence-corrected chi connectivity index (χ1v) is 6.73. The molecule has 1 aromatic carbocycles. The molecule has 0 aliphatic carbocycles. The zero-order valence-corrected chi connectivity index (χ0v) is 11.2. The lowest BCUT2D eigenvalue weighted by Crippen LogP contribution is -2.46. The summed E-state index contributed by atoms with van der Waals surface area (Å²) in [6.45, 7) is 3.34. The standard InChI is InChI=1S/C14H18F2N2O2/c15-11-3-4-13(12(16)10-11)20-9-1-2-14(19)18-7-5-17-6-8-18/h3-4,10,17H,1-2,5-9H2. The van der Waals surface area contributed by atoms with Gasteiger partial charge in [0, 0.05) is 38.7 Å².